The number of hydrogen-bond donors (Lipinski definition) is 1. The molecule has 2 N–H and O–H groups in total. The number of ether oxygens (including phenoxy) is 1. The van der Waals surface area contributed by atoms with Crippen molar-refractivity contribution in [3.63, 3.8) is 0 Å². The van der Waals surface area contributed by atoms with Crippen molar-refractivity contribution in [3.05, 3.63) is 29.8 Å². The van der Waals surface area contributed by atoms with E-state index in [9.17, 15) is 8.78 Å². The van der Waals surface area contributed by atoms with Gasteiger partial charge in [-0.3, -0.25) is 0 Å². The smallest absolute Gasteiger partial charge is 0.387 e. The standard InChI is InChI=1S/C14H22F2N2O/c1-11(18(2)10-9-17)3-4-12-5-7-13(8-6-12)19-14(15)16/h5-8,11,14H,3-4,9-10,17H2,1-2H3. The van der Waals surface area contributed by atoms with Gasteiger partial charge in [-0.2, -0.15) is 8.78 Å². The minimum absolute atomic E-state index is 0.201. The van der Waals surface area contributed by atoms with E-state index in [1.54, 1.807) is 12.1 Å². The predicted molar refractivity (Wildman–Crippen MR) is 72.5 cm³/mol. The summed E-state index contributed by atoms with van der Waals surface area (Å²) >= 11 is 0. The van der Waals surface area contributed by atoms with Crippen molar-refractivity contribution in [1.82, 2.24) is 4.90 Å². The van der Waals surface area contributed by atoms with Crippen molar-refractivity contribution in [3.8, 4) is 5.75 Å². The van der Waals surface area contributed by atoms with Gasteiger partial charge < -0.3 is 15.4 Å². The molecule has 1 atom stereocenters. The zero-order valence-electron chi connectivity index (χ0n) is 11.5. The number of alkyl halides is 2. The SMILES string of the molecule is CC(CCc1ccc(OC(F)F)cc1)N(C)CCN. The van der Waals surface area contributed by atoms with Gasteiger partial charge in [-0.05, 0) is 44.5 Å². The topological polar surface area (TPSA) is 38.5 Å². The number of aryl methyl sites for hydroxylation is 1. The third-order valence-corrected chi connectivity index (χ3v) is 3.23. The first-order valence-electron chi connectivity index (χ1n) is 6.47. The first kappa shape index (κ1) is 15.9. The maximum Gasteiger partial charge on any atom is 0.387 e. The molecule has 0 aliphatic rings. The largest absolute Gasteiger partial charge is 0.435 e. The van der Waals surface area contributed by atoms with Crippen molar-refractivity contribution < 1.29 is 13.5 Å². The van der Waals surface area contributed by atoms with Gasteiger partial charge in [0.1, 0.15) is 5.75 Å². The van der Waals surface area contributed by atoms with Gasteiger partial charge in [0.05, 0.1) is 0 Å². The van der Waals surface area contributed by atoms with Gasteiger partial charge in [-0.15, -0.1) is 0 Å². The van der Waals surface area contributed by atoms with Crippen LogP contribution in [0.4, 0.5) is 8.78 Å². The first-order chi connectivity index (χ1) is 9.02. The maximum absolute atomic E-state index is 12.0. The van der Waals surface area contributed by atoms with E-state index in [4.69, 9.17) is 5.73 Å². The fourth-order valence-corrected chi connectivity index (χ4v) is 1.86. The normalized spacial score (nSPS) is 13.0. The van der Waals surface area contributed by atoms with Crippen molar-refractivity contribution in [1.29, 1.82) is 0 Å². The number of nitrogens with two attached hydrogens (primary N) is 1. The van der Waals surface area contributed by atoms with Gasteiger partial charge in [0.15, 0.2) is 0 Å². The van der Waals surface area contributed by atoms with Crippen molar-refractivity contribution >= 4 is 0 Å². The van der Waals surface area contributed by atoms with Crippen LogP contribution in [0, 0.1) is 0 Å². The second kappa shape index (κ2) is 8.07. The molecule has 0 fully saturated rings. The second-order valence-corrected chi connectivity index (χ2v) is 4.68. The summed E-state index contributed by atoms with van der Waals surface area (Å²) in [5, 5.41) is 0. The number of hydrogen-bond acceptors (Lipinski definition) is 3. The van der Waals surface area contributed by atoms with Gasteiger partial charge in [0.2, 0.25) is 0 Å². The Morgan fingerprint density at radius 1 is 1.26 bits per heavy atom. The van der Waals surface area contributed by atoms with E-state index >= 15 is 0 Å². The summed E-state index contributed by atoms with van der Waals surface area (Å²) in [6, 6.07) is 7.26. The van der Waals surface area contributed by atoms with Gasteiger partial charge in [-0.1, -0.05) is 12.1 Å². The average molecular weight is 272 g/mol. The average Bonchev–Trinajstić information content (AvgIpc) is 2.37. The lowest BCUT2D eigenvalue weighted by molar-refractivity contribution is -0.0498. The molecule has 0 saturated heterocycles. The molecule has 1 unspecified atom stereocenters. The van der Waals surface area contributed by atoms with Crippen molar-refractivity contribution in [2.24, 2.45) is 5.73 Å². The van der Waals surface area contributed by atoms with Crippen LogP contribution in [0.1, 0.15) is 18.9 Å². The maximum atomic E-state index is 12.0. The van der Waals surface area contributed by atoms with Gasteiger partial charge in [-0.25, -0.2) is 0 Å². The highest BCUT2D eigenvalue weighted by Gasteiger charge is 2.08. The molecule has 0 amide bonds. The fraction of sp³-hybridized carbons (Fsp3) is 0.571. The van der Waals surface area contributed by atoms with Crippen molar-refractivity contribution in [2.75, 3.05) is 20.1 Å². The summed E-state index contributed by atoms with van der Waals surface area (Å²) in [4.78, 5) is 2.22. The molecule has 0 heterocycles. The summed E-state index contributed by atoms with van der Waals surface area (Å²) in [7, 11) is 2.05. The zero-order chi connectivity index (χ0) is 14.3. The number of nitrogens with zero attached hydrogens (tertiary/aromatic N) is 1. The quantitative estimate of drug-likeness (QED) is 0.790. The zero-order valence-corrected chi connectivity index (χ0v) is 11.5. The van der Waals surface area contributed by atoms with Gasteiger partial charge >= 0.3 is 6.61 Å². The molecule has 108 valence electrons. The van der Waals surface area contributed by atoms with Crippen LogP contribution in [0.2, 0.25) is 0 Å². The Balaban J connectivity index is 2.41. The van der Waals surface area contributed by atoms with Crippen LogP contribution in [-0.4, -0.2) is 37.7 Å². The molecular weight excluding hydrogens is 250 g/mol. The van der Waals surface area contributed by atoms with E-state index in [0.29, 0.717) is 12.6 Å². The van der Waals surface area contributed by atoms with E-state index in [1.165, 1.54) is 0 Å². The summed E-state index contributed by atoms with van der Waals surface area (Å²) < 4.78 is 28.3. The molecule has 19 heavy (non-hydrogen) atoms. The Hall–Kier alpha value is -1.20. The molecule has 0 radical (unpaired) electrons. The third kappa shape index (κ3) is 5.98. The minimum Gasteiger partial charge on any atom is -0.435 e. The Morgan fingerprint density at radius 3 is 2.42 bits per heavy atom. The number of halogens is 2. The van der Waals surface area contributed by atoms with E-state index in [-0.39, 0.29) is 5.75 Å². The highest BCUT2D eigenvalue weighted by atomic mass is 19.3. The summed E-state index contributed by atoms with van der Waals surface area (Å²) in [5.74, 6) is 0.201. The van der Waals surface area contributed by atoms with Crippen LogP contribution < -0.4 is 10.5 Å². The first-order valence-corrected chi connectivity index (χ1v) is 6.47. The molecule has 0 aliphatic heterocycles. The monoisotopic (exact) mass is 272 g/mol. The van der Waals surface area contributed by atoms with Crippen LogP contribution in [0.25, 0.3) is 0 Å². The van der Waals surface area contributed by atoms with Crippen LogP contribution >= 0.6 is 0 Å². The summed E-state index contributed by atoms with van der Waals surface area (Å²) in [6.07, 6.45) is 1.91. The molecule has 0 bridgehead atoms. The van der Waals surface area contributed by atoms with E-state index in [1.807, 2.05) is 12.1 Å². The van der Waals surface area contributed by atoms with Crippen LogP contribution in [0.3, 0.4) is 0 Å². The van der Waals surface area contributed by atoms with Crippen LogP contribution in [0.15, 0.2) is 24.3 Å². The lowest BCUT2D eigenvalue weighted by Crippen LogP contribution is -2.33. The Kier molecular flexibility index (Phi) is 6.73. The second-order valence-electron chi connectivity index (χ2n) is 4.68. The summed E-state index contributed by atoms with van der Waals surface area (Å²) in [5.41, 5.74) is 6.63. The fourth-order valence-electron chi connectivity index (χ4n) is 1.86. The molecule has 3 nitrogen and oxygen atoms in total. The predicted octanol–water partition coefficient (Wildman–Crippen LogP) is 2.50. The minimum atomic E-state index is -2.77. The highest BCUT2D eigenvalue weighted by Crippen LogP contribution is 2.16. The molecule has 5 heteroatoms. The molecule has 0 aromatic heterocycles. The lowest BCUT2D eigenvalue weighted by atomic mass is 10.1. The van der Waals surface area contributed by atoms with Crippen LogP contribution in [-0.2, 0) is 6.42 Å². The van der Waals surface area contributed by atoms with Gasteiger partial charge in [0, 0.05) is 19.1 Å². The highest BCUT2D eigenvalue weighted by molar-refractivity contribution is 5.27. The Morgan fingerprint density at radius 2 is 1.89 bits per heavy atom. The number of benzene rings is 1. The molecular formula is C14H22F2N2O. The number of rotatable bonds is 8. The molecule has 1 rings (SSSR count). The molecule has 1 aromatic carbocycles. The molecule has 1 aromatic rings. The van der Waals surface area contributed by atoms with E-state index < -0.39 is 6.61 Å². The molecule has 0 spiro atoms. The van der Waals surface area contributed by atoms with E-state index in [0.717, 1.165) is 24.9 Å². The molecule has 0 aliphatic carbocycles. The number of likely N-dealkylation sites (N-methyl/N-ethyl adjacent to an activating group) is 1. The van der Waals surface area contributed by atoms with Crippen molar-refractivity contribution in [2.45, 2.75) is 32.4 Å². The Labute approximate surface area is 113 Å². The van der Waals surface area contributed by atoms with E-state index in [2.05, 4.69) is 23.6 Å². The van der Waals surface area contributed by atoms with Crippen LogP contribution in [0.5, 0.6) is 5.75 Å². The summed E-state index contributed by atoms with van der Waals surface area (Å²) in [6.45, 7) is 0.919. The Bertz CT molecular complexity index is 357. The van der Waals surface area contributed by atoms with Gasteiger partial charge in [0.25, 0.3) is 0 Å². The molecule has 0 saturated carbocycles. The third-order valence-electron chi connectivity index (χ3n) is 3.23. The lowest BCUT2D eigenvalue weighted by Gasteiger charge is -2.23.